The van der Waals surface area contributed by atoms with Gasteiger partial charge in [0, 0.05) is 5.69 Å². The molecular weight excluding hydrogens is 342 g/mol. The number of anilines is 2. The van der Waals surface area contributed by atoms with Crippen molar-refractivity contribution in [3.63, 3.8) is 0 Å². The summed E-state index contributed by atoms with van der Waals surface area (Å²) in [7, 11) is 0. The monoisotopic (exact) mass is 367 g/mol. The topological polar surface area (TPSA) is 81.3 Å². The fraction of sp³-hybridized carbons (Fsp3) is 0.450. The lowest BCUT2D eigenvalue weighted by molar-refractivity contribution is -0.125. The Balaban J connectivity index is 1.45. The Kier molecular flexibility index (Phi) is 4.70. The number of amides is 2. The number of nitrogens with one attached hydrogen (secondary N) is 2. The molecule has 2 aliphatic heterocycles. The van der Waals surface area contributed by atoms with Crippen LogP contribution in [0.2, 0.25) is 0 Å². The van der Waals surface area contributed by atoms with Gasteiger partial charge in [0.25, 0.3) is 0 Å². The predicted molar refractivity (Wildman–Crippen MR) is 104 cm³/mol. The van der Waals surface area contributed by atoms with Gasteiger partial charge in [0.05, 0.1) is 23.6 Å². The first kappa shape index (κ1) is 17.7. The van der Waals surface area contributed by atoms with E-state index in [4.69, 9.17) is 0 Å². The molecule has 0 aliphatic carbocycles. The largest absolute Gasteiger partial charge is 0.323 e. The summed E-state index contributed by atoms with van der Waals surface area (Å²) in [6.45, 7) is 5.80. The first-order chi connectivity index (χ1) is 13.0. The highest BCUT2D eigenvalue weighted by Gasteiger charge is 2.34. The average molecular weight is 367 g/mol. The third-order valence-corrected chi connectivity index (χ3v) is 5.78. The minimum absolute atomic E-state index is 0.0183. The van der Waals surface area contributed by atoms with Gasteiger partial charge >= 0.3 is 0 Å². The van der Waals surface area contributed by atoms with E-state index in [9.17, 15) is 9.59 Å². The molecule has 1 fully saturated rings. The van der Waals surface area contributed by atoms with E-state index in [1.807, 2.05) is 37.4 Å². The van der Waals surface area contributed by atoms with Crippen LogP contribution in [0.4, 0.5) is 11.4 Å². The van der Waals surface area contributed by atoms with Crippen molar-refractivity contribution < 1.29 is 9.59 Å². The van der Waals surface area contributed by atoms with Gasteiger partial charge in [-0.3, -0.25) is 24.5 Å². The van der Waals surface area contributed by atoms with Crippen molar-refractivity contribution in [3.8, 4) is 0 Å². The lowest BCUT2D eigenvalue weighted by atomic mass is 9.89. The van der Waals surface area contributed by atoms with E-state index in [2.05, 4.69) is 27.3 Å². The molecule has 0 radical (unpaired) electrons. The Morgan fingerprint density at radius 3 is 2.70 bits per heavy atom. The quantitative estimate of drug-likeness (QED) is 0.872. The van der Waals surface area contributed by atoms with E-state index in [1.165, 1.54) is 5.56 Å². The number of H-pyrrole nitrogens is 1. The highest BCUT2D eigenvalue weighted by Crippen LogP contribution is 2.32. The lowest BCUT2D eigenvalue weighted by Crippen LogP contribution is -2.52. The second-order valence-corrected chi connectivity index (χ2v) is 7.43. The molecule has 142 valence electrons. The van der Waals surface area contributed by atoms with Gasteiger partial charge in [0.15, 0.2) is 0 Å². The zero-order chi connectivity index (χ0) is 19.0. The van der Waals surface area contributed by atoms with Crippen LogP contribution < -0.4 is 10.2 Å². The number of carbonyl (C=O) groups excluding carboxylic acids is 2. The number of aryl methyl sites for hydroxylation is 1. The third kappa shape index (κ3) is 3.35. The molecule has 7 heteroatoms. The van der Waals surface area contributed by atoms with Gasteiger partial charge in [-0.05, 0) is 63.4 Å². The molecule has 0 spiro atoms. The Labute approximate surface area is 158 Å². The van der Waals surface area contributed by atoms with E-state index < -0.39 is 0 Å². The van der Waals surface area contributed by atoms with Crippen LogP contribution in [0, 0.1) is 6.92 Å². The van der Waals surface area contributed by atoms with Gasteiger partial charge in [-0.25, -0.2) is 0 Å². The summed E-state index contributed by atoms with van der Waals surface area (Å²) in [6.07, 6.45) is 3.94. The SMILES string of the molecule is Cc1[nH]ncc1C1CCN(C(C)C(=O)N2CC(=O)Nc3ccccc32)CC1. The van der Waals surface area contributed by atoms with Crippen molar-refractivity contribution in [2.45, 2.75) is 38.6 Å². The van der Waals surface area contributed by atoms with E-state index in [1.54, 1.807) is 4.90 Å². The van der Waals surface area contributed by atoms with Gasteiger partial charge < -0.3 is 5.32 Å². The molecule has 1 aromatic carbocycles. The maximum Gasteiger partial charge on any atom is 0.244 e. The molecule has 1 saturated heterocycles. The van der Waals surface area contributed by atoms with Gasteiger partial charge in [0.1, 0.15) is 6.54 Å². The van der Waals surface area contributed by atoms with Gasteiger partial charge in [0.2, 0.25) is 11.8 Å². The first-order valence-electron chi connectivity index (χ1n) is 9.48. The number of para-hydroxylation sites is 2. The summed E-state index contributed by atoms with van der Waals surface area (Å²) in [4.78, 5) is 29.0. The van der Waals surface area contributed by atoms with Crippen LogP contribution in [0.5, 0.6) is 0 Å². The van der Waals surface area contributed by atoms with E-state index in [0.717, 1.165) is 37.3 Å². The van der Waals surface area contributed by atoms with Crippen molar-refractivity contribution in [1.82, 2.24) is 15.1 Å². The Morgan fingerprint density at radius 2 is 2.00 bits per heavy atom. The summed E-state index contributed by atoms with van der Waals surface area (Å²) in [5.41, 5.74) is 3.89. The molecule has 2 aromatic rings. The maximum atomic E-state index is 13.2. The summed E-state index contributed by atoms with van der Waals surface area (Å²) in [5, 5.41) is 9.98. The molecule has 27 heavy (non-hydrogen) atoms. The maximum absolute atomic E-state index is 13.2. The smallest absolute Gasteiger partial charge is 0.244 e. The van der Waals surface area contributed by atoms with Crippen molar-refractivity contribution in [2.24, 2.45) is 0 Å². The van der Waals surface area contributed by atoms with Crippen molar-refractivity contribution >= 4 is 23.2 Å². The predicted octanol–water partition coefficient (Wildman–Crippen LogP) is 2.27. The minimum atomic E-state index is -0.254. The molecule has 2 amide bonds. The molecule has 4 rings (SSSR count). The van der Waals surface area contributed by atoms with Crippen LogP contribution in [0.1, 0.15) is 36.9 Å². The number of hydrogen-bond acceptors (Lipinski definition) is 4. The number of fused-ring (bicyclic) bond motifs is 1. The Morgan fingerprint density at radius 1 is 1.26 bits per heavy atom. The third-order valence-electron chi connectivity index (χ3n) is 5.78. The number of carbonyl (C=O) groups is 2. The molecule has 1 unspecified atom stereocenters. The number of nitrogens with zero attached hydrogens (tertiary/aromatic N) is 3. The highest BCUT2D eigenvalue weighted by molar-refractivity contribution is 6.11. The molecule has 3 heterocycles. The molecular formula is C20H25N5O2. The molecule has 1 atom stereocenters. The number of piperidine rings is 1. The van der Waals surface area contributed by atoms with Gasteiger partial charge in [-0.2, -0.15) is 5.10 Å². The van der Waals surface area contributed by atoms with Crippen molar-refractivity contribution in [1.29, 1.82) is 0 Å². The minimum Gasteiger partial charge on any atom is -0.323 e. The second kappa shape index (κ2) is 7.15. The van der Waals surface area contributed by atoms with E-state index in [0.29, 0.717) is 11.6 Å². The number of aromatic amines is 1. The summed E-state index contributed by atoms with van der Waals surface area (Å²) in [5.74, 6) is 0.322. The zero-order valence-corrected chi connectivity index (χ0v) is 15.7. The van der Waals surface area contributed by atoms with Crippen LogP contribution in [-0.4, -0.2) is 52.6 Å². The van der Waals surface area contributed by atoms with Crippen molar-refractivity contribution in [3.05, 3.63) is 41.7 Å². The normalized spacial score (nSPS) is 19.5. The number of benzene rings is 1. The molecule has 7 nitrogen and oxygen atoms in total. The fourth-order valence-corrected chi connectivity index (χ4v) is 4.18. The first-order valence-corrected chi connectivity index (χ1v) is 9.48. The molecule has 2 N–H and O–H groups in total. The molecule has 2 aliphatic rings. The van der Waals surface area contributed by atoms with E-state index in [-0.39, 0.29) is 24.4 Å². The summed E-state index contributed by atoms with van der Waals surface area (Å²) in [6, 6.07) is 7.21. The van der Waals surface area contributed by atoms with Crippen LogP contribution >= 0.6 is 0 Å². The Bertz CT molecular complexity index is 854. The van der Waals surface area contributed by atoms with E-state index >= 15 is 0 Å². The summed E-state index contributed by atoms with van der Waals surface area (Å²) >= 11 is 0. The standard InChI is InChI=1S/C20H25N5O2/c1-13-16(11-21-23-13)15-7-9-24(10-8-15)14(2)20(27)25-12-19(26)22-17-5-3-4-6-18(17)25/h3-6,11,14-15H,7-10,12H2,1-2H3,(H,21,23)(H,22,26). The molecule has 0 saturated carbocycles. The van der Waals surface area contributed by atoms with Crippen LogP contribution in [-0.2, 0) is 9.59 Å². The van der Waals surface area contributed by atoms with Gasteiger partial charge in [-0.1, -0.05) is 12.1 Å². The highest BCUT2D eigenvalue weighted by atomic mass is 16.2. The van der Waals surface area contributed by atoms with Crippen LogP contribution in [0.25, 0.3) is 0 Å². The van der Waals surface area contributed by atoms with Crippen LogP contribution in [0.15, 0.2) is 30.5 Å². The summed E-state index contributed by atoms with van der Waals surface area (Å²) < 4.78 is 0. The number of aromatic nitrogens is 2. The zero-order valence-electron chi connectivity index (χ0n) is 15.7. The second-order valence-electron chi connectivity index (χ2n) is 7.43. The molecule has 1 aromatic heterocycles. The lowest BCUT2D eigenvalue weighted by Gasteiger charge is -2.38. The van der Waals surface area contributed by atoms with Crippen molar-refractivity contribution in [2.75, 3.05) is 29.9 Å². The Hall–Kier alpha value is -2.67. The average Bonchev–Trinajstić information content (AvgIpc) is 3.12. The fourth-order valence-electron chi connectivity index (χ4n) is 4.18. The van der Waals surface area contributed by atoms with Crippen LogP contribution in [0.3, 0.4) is 0 Å². The number of likely N-dealkylation sites (tertiary alicyclic amines) is 1. The number of rotatable bonds is 3. The van der Waals surface area contributed by atoms with Gasteiger partial charge in [-0.15, -0.1) is 0 Å². The number of hydrogen-bond donors (Lipinski definition) is 2. The molecule has 0 bridgehead atoms.